The molecule has 1 aliphatic heterocycles. The highest BCUT2D eigenvalue weighted by molar-refractivity contribution is 7.10. The summed E-state index contributed by atoms with van der Waals surface area (Å²) in [7, 11) is 2.62. The number of thiophene rings is 2. The lowest BCUT2D eigenvalue weighted by atomic mass is 9.68. The van der Waals surface area contributed by atoms with Gasteiger partial charge in [0.1, 0.15) is 5.92 Å². The van der Waals surface area contributed by atoms with Crippen molar-refractivity contribution >= 4 is 40.4 Å². The molecule has 2 aromatic rings. The topological polar surface area (TPSA) is 81.7 Å². The summed E-state index contributed by atoms with van der Waals surface area (Å²) < 4.78 is 10.0. The number of esters is 2. The smallest absolute Gasteiger partial charge is 0.336 e. The van der Waals surface area contributed by atoms with Crippen LogP contribution in [0.15, 0.2) is 56.9 Å². The van der Waals surface area contributed by atoms with Gasteiger partial charge in [0.05, 0.1) is 19.8 Å². The van der Waals surface area contributed by atoms with E-state index in [-0.39, 0.29) is 11.7 Å². The van der Waals surface area contributed by atoms with Crippen LogP contribution < -0.4 is 5.32 Å². The maximum atomic E-state index is 13.8. The van der Waals surface area contributed by atoms with Gasteiger partial charge in [-0.1, -0.05) is 6.07 Å². The predicted molar refractivity (Wildman–Crippen MR) is 114 cm³/mol. The van der Waals surface area contributed by atoms with Crippen LogP contribution in [0.1, 0.15) is 35.6 Å². The largest absolute Gasteiger partial charge is 0.468 e. The second-order valence-electron chi connectivity index (χ2n) is 7.23. The molecule has 4 rings (SSSR count). The van der Waals surface area contributed by atoms with Gasteiger partial charge in [0.25, 0.3) is 0 Å². The van der Waals surface area contributed by atoms with Gasteiger partial charge in [0.15, 0.2) is 5.78 Å². The molecule has 0 amide bonds. The number of rotatable bonds is 4. The minimum absolute atomic E-state index is 0.306. The second-order valence-corrected chi connectivity index (χ2v) is 8.99. The van der Waals surface area contributed by atoms with Crippen molar-refractivity contribution in [1.29, 1.82) is 0 Å². The highest BCUT2D eigenvalue weighted by atomic mass is 32.1. The number of dihydropyridines is 1. The van der Waals surface area contributed by atoms with Crippen LogP contribution in [-0.4, -0.2) is 31.9 Å². The molecule has 2 aliphatic rings. The molecule has 1 aliphatic carbocycles. The number of ketones is 1. The molecule has 6 nitrogen and oxygen atoms in total. The van der Waals surface area contributed by atoms with Crippen molar-refractivity contribution in [2.45, 2.75) is 25.2 Å². The first kappa shape index (κ1) is 20.6. The van der Waals surface area contributed by atoms with Crippen molar-refractivity contribution < 1.29 is 23.9 Å². The summed E-state index contributed by atoms with van der Waals surface area (Å²) in [5.41, 5.74) is 3.08. The number of hydrogen-bond donors (Lipinski definition) is 1. The van der Waals surface area contributed by atoms with E-state index in [4.69, 9.17) is 9.47 Å². The fourth-order valence-electron chi connectivity index (χ4n) is 4.35. The summed E-state index contributed by atoms with van der Waals surface area (Å²) in [5.74, 6) is -3.20. The van der Waals surface area contributed by atoms with Gasteiger partial charge in [-0.2, -0.15) is 11.3 Å². The molecule has 30 heavy (non-hydrogen) atoms. The molecule has 0 saturated carbocycles. The Hall–Kier alpha value is -2.71. The fourth-order valence-corrected chi connectivity index (χ4v) is 5.91. The minimum atomic E-state index is -0.951. The first-order valence-electron chi connectivity index (χ1n) is 9.44. The Morgan fingerprint density at radius 3 is 2.57 bits per heavy atom. The molecular formula is C22H21NO5S2. The van der Waals surface area contributed by atoms with Gasteiger partial charge in [0, 0.05) is 33.7 Å². The third-order valence-corrected chi connectivity index (χ3v) is 7.37. The van der Waals surface area contributed by atoms with Crippen molar-refractivity contribution in [3.63, 3.8) is 0 Å². The van der Waals surface area contributed by atoms with E-state index in [2.05, 4.69) is 5.32 Å². The Bertz CT molecular complexity index is 1050. The van der Waals surface area contributed by atoms with Crippen LogP contribution in [0.3, 0.4) is 0 Å². The molecule has 0 aromatic carbocycles. The zero-order chi connectivity index (χ0) is 21.4. The van der Waals surface area contributed by atoms with Crippen LogP contribution in [0.4, 0.5) is 0 Å². The van der Waals surface area contributed by atoms with E-state index in [0.29, 0.717) is 23.3 Å². The van der Waals surface area contributed by atoms with Gasteiger partial charge in [-0.3, -0.25) is 9.59 Å². The van der Waals surface area contributed by atoms with Crippen LogP contribution in [0.5, 0.6) is 0 Å². The van der Waals surface area contributed by atoms with Gasteiger partial charge in [-0.25, -0.2) is 4.79 Å². The Morgan fingerprint density at radius 1 is 1.17 bits per heavy atom. The Balaban J connectivity index is 1.88. The average molecular weight is 444 g/mol. The average Bonchev–Trinajstić information content (AvgIpc) is 3.45. The third kappa shape index (κ3) is 3.30. The Morgan fingerprint density at radius 2 is 1.97 bits per heavy atom. The van der Waals surface area contributed by atoms with Gasteiger partial charge >= 0.3 is 11.9 Å². The summed E-state index contributed by atoms with van der Waals surface area (Å²) in [6, 6.07) is 5.74. The maximum Gasteiger partial charge on any atom is 0.336 e. The molecule has 0 saturated heterocycles. The van der Waals surface area contributed by atoms with Crippen molar-refractivity contribution in [2.75, 3.05) is 14.2 Å². The highest BCUT2D eigenvalue weighted by Gasteiger charge is 2.49. The SMILES string of the molecule is COC(=O)C1=C(C)NC2=C(C(=O)[C@@H](C(=O)OC)[C@H](c3cccs3)C2)[C@H]1c1ccsc1. The summed E-state index contributed by atoms with van der Waals surface area (Å²) in [4.78, 5) is 40.1. The number of Topliss-reactive ketones (excluding diaryl/α,β-unsaturated/α-hetero) is 1. The quantitative estimate of drug-likeness (QED) is 0.573. The summed E-state index contributed by atoms with van der Waals surface area (Å²) in [6.45, 7) is 1.81. The van der Waals surface area contributed by atoms with Crippen molar-refractivity contribution in [2.24, 2.45) is 5.92 Å². The zero-order valence-electron chi connectivity index (χ0n) is 16.8. The number of carbonyl (C=O) groups is 3. The first-order chi connectivity index (χ1) is 14.5. The van der Waals surface area contributed by atoms with Crippen molar-refractivity contribution in [1.82, 2.24) is 5.32 Å². The summed E-state index contributed by atoms with van der Waals surface area (Å²) in [5, 5.41) is 9.02. The third-order valence-electron chi connectivity index (χ3n) is 5.66. The van der Waals surface area contributed by atoms with Crippen LogP contribution in [-0.2, 0) is 23.9 Å². The number of carbonyl (C=O) groups excluding carboxylic acids is 3. The number of ether oxygens (including phenoxy) is 2. The van der Waals surface area contributed by atoms with Gasteiger partial charge in [0.2, 0.25) is 0 Å². The maximum absolute atomic E-state index is 13.8. The molecule has 0 fully saturated rings. The molecule has 2 aromatic heterocycles. The zero-order valence-corrected chi connectivity index (χ0v) is 18.4. The van der Waals surface area contributed by atoms with E-state index >= 15 is 0 Å². The van der Waals surface area contributed by atoms with E-state index in [1.54, 1.807) is 0 Å². The van der Waals surface area contributed by atoms with E-state index in [0.717, 1.165) is 16.1 Å². The van der Waals surface area contributed by atoms with E-state index in [9.17, 15) is 14.4 Å². The molecule has 156 valence electrons. The number of allylic oxidation sites excluding steroid dienone is 3. The molecule has 8 heteroatoms. The van der Waals surface area contributed by atoms with Gasteiger partial charge < -0.3 is 14.8 Å². The summed E-state index contributed by atoms with van der Waals surface area (Å²) in [6.07, 6.45) is 0.480. The van der Waals surface area contributed by atoms with E-state index in [1.807, 2.05) is 41.3 Å². The number of methoxy groups -OCH3 is 2. The van der Waals surface area contributed by atoms with Crippen molar-refractivity contribution in [3.05, 3.63) is 67.3 Å². The van der Waals surface area contributed by atoms with Crippen LogP contribution in [0, 0.1) is 5.92 Å². The number of nitrogens with one attached hydrogen (secondary N) is 1. The lowest BCUT2D eigenvalue weighted by Gasteiger charge is -2.38. The Kier molecular flexibility index (Phi) is 5.62. The molecule has 1 N–H and O–H groups in total. The van der Waals surface area contributed by atoms with E-state index in [1.165, 1.54) is 36.9 Å². The van der Waals surface area contributed by atoms with Crippen LogP contribution in [0.25, 0.3) is 0 Å². The van der Waals surface area contributed by atoms with Crippen molar-refractivity contribution in [3.8, 4) is 0 Å². The lowest BCUT2D eigenvalue weighted by Crippen LogP contribution is -2.43. The summed E-state index contributed by atoms with van der Waals surface area (Å²) >= 11 is 3.00. The molecule has 3 atom stereocenters. The van der Waals surface area contributed by atoms with Crippen LogP contribution in [0.2, 0.25) is 0 Å². The molecule has 0 spiro atoms. The monoisotopic (exact) mass is 443 g/mol. The molecule has 3 heterocycles. The van der Waals surface area contributed by atoms with Gasteiger partial charge in [-0.05, 0) is 47.2 Å². The fraction of sp³-hybridized carbons (Fsp3) is 0.318. The first-order valence-corrected chi connectivity index (χ1v) is 11.3. The number of hydrogen-bond acceptors (Lipinski definition) is 8. The van der Waals surface area contributed by atoms with E-state index < -0.39 is 23.8 Å². The minimum Gasteiger partial charge on any atom is -0.468 e. The van der Waals surface area contributed by atoms with Crippen LogP contribution >= 0.6 is 22.7 Å². The second kappa shape index (κ2) is 8.20. The molecule has 0 bridgehead atoms. The molecule has 0 radical (unpaired) electrons. The normalized spacial score (nSPS) is 23.7. The standard InChI is InChI=1S/C22H21NO5S2/c1-11-16(21(25)27-2)17(12-6-8-29-10-12)19-14(23-11)9-13(15-5-4-7-30-15)18(20(19)24)22(26)28-3/h4-8,10,13,17-18,23H,9H2,1-3H3/t13-,17-,18-/m0/s1. The lowest BCUT2D eigenvalue weighted by molar-refractivity contribution is -0.149. The predicted octanol–water partition coefficient (Wildman–Crippen LogP) is 3.74. The Labute approximate surface area is 182 Å². The highest BCUT2D eigenvalue weighted by Crippen LogP contribution is 2.48. The molecule has 0 unspecified atom stereocenters. The molecular weight excluding hydrogens is 422 g/mol. The van der Waals surface area contributed by atoms with Gasteiger partial charge in [-0.15, -0.1) is 11.3 Å².